The number of anilines is 1. The first-order valence-corrected chi connectivity index (χ1v) is 9.53. The second-order valence-corrected chi connectivity index (χ2v) is 9.03. The number of nitrogens with two attached hydrogens (primary N) is 1. The molecule has 2 aromatic heterocycles. The van der Waals surface area contributed by atoms with E-state index in [1.807, 2.05) is 0 Å². The monoisotopic (exact) mass is 393 g/mol. The number of aliphatic hydroxyl groups is 2. The third-order valence-corrected chi connectivity index (χ3v) is 6.36. The number of aromatic nitrogens is 4. The summed E-state index contributed by atoms with van der Waals surface area (Å²) in [5.41, 5.74) is 4.81. The van der Waals surface area contributed by atoms with E-state index in [9.17, 15) is 19.8 Å². The van der Waals surface area contributed by atoms with E-state index in [-0.39, 0.29) is 41.0 Å². The summed E-state index contributed by atoms with van der Waals surface area (Å²) in [7, 11) is 0. The zero-order valence-electron chi connectivity index (χ0n) is 16.3. The normalized spacial score (nSPS) is 26.8. The number of nitrogen functional groups attached to an aromatic ring is 1. The first-order chi connectivity index (χ1) is 13.1. The molecular formula is C18H27N5O5. The van der Waals surface area contributed by atoms with Gasteiger partial charge in [0.2, 0.25) is 5.95 Å². The maximum absolute atomic E-state index is 13.4. The highest BCUT2D eigenvalue weighted by atomic mass is 16.5. The summed E-state index contributed by atoms with van der Waals surface area (Å²) in [5, 5.41) is 19.8. The highest BCUT2D eigenvalue weighted by Gasteiger charge is 2.52. The highest BCUT2D eigenvalue weighted by molar-refractivity contribution is 5.71. The van der Waals surface area contributed by atoms with Crippen LogP contribution in [0.5, 0.6) is 0 Å². The number of imidazole rings is 1. The molecule has 3 atom stereocenters. The van der Waals surface area contributed by atoms with Gasteiger partial charge in [-0.1, -0.05) is 20.8 Å². The van der Waals surface area contributed by atoms with Gasteiger partial charge in [0.1, 0.15) is 6.10 Å². The van der Waals surface area contributed by atoms with Crippen LogP contribution in [0.3, 0.4) is 0 Å². The van der Waals surface area contributed by atoms with E-state index in [0.29, 0.717) is 6.54 Å². The molecule has 1 saturated heterocycles. The van der Waals surface area contributed by atoms with E-state index in [2.05, 4.69) is 30.7 Å². The lowest BCUT2D eigenvalue weighted by atomic mass is 9.77. The molecule has 1 aliphatic carbocycles. The Morgan fingerprint density at radius 2 is 2.04 bits per heavy atom. The average molecular weight is 393 g/mol. The molecule has 10 heteroatoms. The van der Waals surface area contributed by atoms with Gasteiger partial charge < -0.3 is 20.7 Å². The van der Waals surface area contributed by atoms with Gasteiger partial charge in [-0.05, 0) is 23.7 Å². The Bertz CT molecular complexity index is 1030. The summed E-state index contributed by atoms with van der Waals surface area (Å²) < 4.78 is 8.29. The Kier molecular flexibility index (Phi) is 4.22. The van der Waals surface area contributed by atoms with Crippen LogP contribution in [0, 0.1) is 10.8 Å². The smallest absolute Gasteiger partial charge is 0.332 e. The SMILES string of the molecule is CC(C)(C)C1(Cn2c(=O)n(C3OC(CO)CC3O)c3nc(N)[nH]c(=O)c32)CC1. The van der Waals surface area contributed by atoms with Crippen LogP contribution in [0.2, 0.25) is 0 Å². The molecule has 2 aliphatic rings. The zero-order valence-corrected chi connectivity index (χ0v) is 16.3. The number of nitrogens with one attached hydrogen (secondary N) is 1. The van der Waals surface area contributed by atoms with Gasteiger partial charge in [0.05, 0.1) is 12.7 Å². The van der Waals surface area contributed by atoms with Crippen molar-refractivity contribution >= 4 is 17.1 Å². The second-order valence-electron chi connectivity index (χ2n) is 9.03. The van der Waals surface area contributed by atoms with Crippen molar-refractivity contribution in [2.45, 2.75) is 65.0 Å². The molecule has 0 amide bonds. The fourth-order valence-electron chi connectivity index (χ4n) is 4.25. The first-order valence-electron chi connectivity index (χ1n) is 9.53. The third-order valence-electron chi connectivity index (χ3n) is 6.36. The highest BCUT2D eigenvalue weighted by Crippen LogP contribution is 2.59. The topological polar surface area (TPSA) is 148 Å². The lowest BCUT2D eigenvalue weighted by Crippen LogP contribution is -2.36. The van der Waals surface area contributed by atoms with E-state index >= 15 is 0 Å². The number of fused-ring (bicyclic) bond motifs is 1. The summed E-state index contributed by atoms with van der Waals surface area (Å²) >= 11 is 0. The van der Waals surface area contributed by atoms with Crippen LogP contribution in [0.4, 0.5) is 5.95 Å². The largest absolute Gasteiger partial charge is 0.394 e. The molecule has 3 unspecified atom stereocenters. The summed E-state index contributed by atoms with van der Waals surface area (Å²) in [6.45, 7) is 6.48. The molecule has 0 bridgehead atoms. The summed E-state index contributed by atoms with van der Waals surface area (Å²) in [6, 6.07) is 0. The Labute approximate surface area is 160 Å². The Balaban J connectivity index is 1.91. The summed E-state index contributed by atoms with van der Waals surface area (Å²) in [6.07, 6.45) is -0.518. The van der Waals surface area contributed by atoms with Gasteiger partial charge in [-0.2, -0.15) is 4.98 Å². The second kappa shape index (κ2) is 6.16. The van der Waals surface area contributed by atoms with Gasteiger partial charge in [-0.25, -0.2) is 9.36 Å². The summed E-state index contributed by atoms with van der Waals surface area (Å²) in [5.74, 6) is -0.119. The number of hydrogen-bond donors (Lipinski definition) is 4. The summed E-state index contributed by atoms with van der Waals surface area (Å²) in [4.78, 5) is 32.6. The van der Waals surface area contributed by atoms with E-state index in [1.165, 1.54) is 9.13 Å². The molecule has 0 aromatic carbocycles. The molecular weight excluding hydrogens is 366 g/mol. The van der Waals surface area contributed by atoms with Crippen molar-refractivity contribution in [3.8, 4) is 0 Å². The standard InChI is InChI=1S/C18H27N5O5/c1-17(2,3)18(4-5-18)8-22-11-12(20-15(19)21-13(11)26)23(16(22)27)14-10(25)6-9(7-24)28-14/h9-10,14,24-25H,4-8H2,1-3H3,(H3,19,20,21,26). The van der Waals surface area contributed by atoms with Crippen molar-refractivity contribution in [1.29, 1.82) is 0 Å². The van der Waals surface area contributed by atoms with Gasteiger partial charge in [-0.3, -0.25) is 14.3 Å². The minimum atomic E-state index is -1.04. The molecule has 3 heterocycles. The van der Waals surface area contributed by atoms with Crippen LogP contribution in [-0.4, -0.2) is 48.1 Å². The van der Waals surface area contributed by atoms with Crippen molar-refractivity contribution in [3.63, 3.8) is 0 Å². The maximum atomic E-state index is 13.4. The zero-order chi connectivity index (χ0) is 20.4. The van der Waals surface area contributed by atoms with Crippen LogP contribution in [-0.2, 0) is 11.3 Å². The van der Waals surface area contributed by atoms with Crippen molar-refractivity contribution in [2.24, 2.45) is 10.8 Å². The Morgan fingerprint density at radius 1 is 1.36 bits per heavy atom. The quantitative estimate of drug-likeness (QED) is 0.568. The van der Waals surface area contributed by atoms with E-state index in [0.717, 1.165) is 12.8 Å². The van der Waals surface area contributed by atoms with Crippen LogP contribution < -0.4 is 17.0 Å². The lowest BCUT2D eigenvalue weighted by Gasteiger charge is -2.31. The first kappa shape index (κ1) is 19.2. The van der Waals surface area contributed by atoms with Gasteiger partial charge >= 0.3 is 5.69 Å². The molecule has 4 rings (SSSR count). The number of H-pyrrole nitrogens is 1. The van der Waals surface area contributed by atoms with Crippen LogP contribution in [0.25, 0.3) is 11.2 Å². The minimum absolute atomic E-state index is 0.0415. The fourth-order valence-corrected chi connectivity index (χ4v) is 4.25. The predicted octanol–water partition coefficient (Wildman–Crippen LogP) is -0.0645. The van der Waals surface area contributed by atoms with Crippen LogP contribution in [0.1, 0.15) is 46.3 Å². The number of rotatable bonds is 4. The Hall–Kier alpha value is -2.17. The third kappa shape index (κ3) is 2.78. The number of hydrogen-bond acceptors (Lipinski definition) is 7. The molecule has 1 aliphatic heterocycles. The average Bonchev–Trinajstić information content (AvgIpc) is 3.23. The van der Waals surface area contributed by atoms with E-state index in [1.54, 1.807) is 0 Å². The minimum Gasteiger partial charge on any atom is -0.394 e. The van der Waals surface area contributed by atoms with Gasteiger partial charge in [0, 0.05) is 13.0 Å². The molecule has 2 aromatic rings. The van der Waals surface area contributed by atoms with E-state index in [4.69, 9.17) is 10.5 Å². The van der Waals surface area contributed by atoms with Crippen LogP contribution >= 0.6 is 0 Å². The van der Waals surface area contributed by atoms with Gasteiger partial charge in [-0.15, -0.1) is 0 Å². The molecule has 5 N–H and O–H groups in total. The van der Waals surface area contributed by atoms with Crippen molar-refractivity contribution in [1.82, 2.24) is 19.1 Å². The fraction of sp³-hybridized carbons (Fsp3) is 0.722. The van der Waals surface area contributed by atoms with Crippen molar-refractivity contribution < 1.29 is 14.9 Å². The molecule has 28 heavy (non-hydrogen) atoms. The number of aliphatic hydroxyl groups excluding tert-OH is 2. The van der Waals surface area contributed by atoms with Gasteiger partial charge in [0.25, 0.3) is 5.56 Å². The maximum Gasteiger partial charge on any atom is 0.332 e. The lowest BCUT2D eigenvalue weighted by molar-refractivity contribution is -0.0507. The number of nitrogens with zero attached hydrogens (tertiary/aromatic N) is 3. The molecule has 0 radical (unpaired) electrons. The molecule has 1 saturated carbocycles. The Morgan fingerprint density at radius 3 is 2.57 bits per heavy atom. The number of aromatic amines is 1. The molecule has 2 fully saturated rings. The van der Waals surface area contributed by atoms with Crippen LogP contribution in [0.15, 0.2) is 9.59 Å². The molecule has 10 nitrogen and oxygen atoms in total. The molecule has 0 spiro atoms. The van der Waals surface area contributed by atoms with Crippen molar-refractivity contribution in [2.75, 3.05) is 12.3 Å². The molecule has 154 valence electrons. The number of ether oxygens (including phenoxy) is 1. The van der Waals surface area contributed by atoms with E-state index < -0.39 is 29.7 Å². The van der Waals surface area contributed by atoms with Gasteiger partial charge in [0.15, 0.2) is 17.4 Å². The van der Waals surface area contributed by atoms with Crippen molar-refractivity contribution in [3.05, 3.63) is 20.8 Å². The predicted molar refractivity (Wildman–Crippen MR) is 102 cm³/mol.